The smallest absolute Gasteiger partial charge is 0.443 e. The molecule has 40 heavy (non-hydrogen) atoms. The number of amides is 2. The van der Waals surface area contributed by atoms with E-state index in [2.05, 4.69) is 5.32 Å². The number of imide groups is 1. The molecule has 0 bridgehead atoms. The van der Waals surface area contributed by atoms with Gasteiger partial charge < -0.3 is 10.5 Å². The number of carbonyl (C=O) groups is 4. The van der Waals surface area contributed by atoms with Gasteiger partial charge in [-0.15, -0.1) is 0 Å². The van der Waals surface area contributed by atoms with Gasteiger partial charge in [-0.2, -0.15) is 22.0 Å². The van der Waals surface area contributed by atoms with Crippen molar-refractivity contribution in [1.82, 2.24) is 10.2 Å². The van der Waals surface area contributed by atoms with Crippen molar-refractivity contribution in [2.75, 3.05) is 0 Å². The highest BCUT2D eigenvalue weighted by Gasteiger charge is 2.66. The van der Waals surface area contributed by atoms with Gasteiger partial charge in [0.15, 0.2) is 5.78 Å². The zero-order valence-corrected chi connectivity index (χ0v) is 23.4. The van der Waals surface area contributed by atoms with E-state index in [-0.39, 0.29) is 17.2 Å². The minimum absolute atomic E-state index is 0.0212. The van der Waals surface area contributed by atoms with Gasteiger partial charge >= 0.3 is 18.2 Å². The SMILES string of the molecule is CC(C)C(C(=O)C(F)(F)C(F)(F)F)N(C(=O)OC(C)(C)C)C(=O)C1Cc2ccccc2C(C(=O)[C@@H](N)C(C)C)N1. The highest BCUT2D eigenvalue weighted by atomic mass is 19.4. The van der Waals surface area contributed by atoms with Crippen LogP contribution in [0.4, 0.5) is 26.7 Å². The molecular formula is C27H36F5N3O5. The number of halogens is 5. The summed E-state index contributed by atoms with van der Waals surface area (Å²) in [6, 6.07) is 0.412. The number of fused-ring (bicyclic) bond motifs is 1. The van der Waals surface area contributed by atoms with E-state index in [0.29, 0.717) is 11.1 Å². The van der Waals surface area contributed by atoms with Gasteiger partial charge in [-0.05, 0) is 50.2 Å². The number of nitrogens with zero attached hydrogens (tertiary/aromatic N) is 1. The molecule has 0 radical (unpaired) electrons. The third-order valence-electron chi connectivity index (χ3n) is 6.46. The Morgan fingerprint density at radius 3 is 2.00 bits per heavy atom. The van der Waals surface area contributed by atoms with Gasteiger partial charge in [0, 0.05) is 0 Å². The van der Waals surface area contributed by atoms with Gasteiger partial charge in [-0.3, -0.25) is 19.7 Å². The molecule has 1 aliphatic rings. The van der Waals surface area contributed by atoms with E-state index in [1.165, 1.54) is 20.8 Å². The minimum Gasteiger partial charge on any atom is -0.443 e. The number of carbonyl (C=O) groups excluding carboxylic acids is 4. The van der Waals surface area contributed by atoms with Crippen molar-refractivity contribution < 1.29 is 45.9 Å². The predicted octanol–water partition coefficient (Wildman–Crippen LogP) is 4.35. The molecule has 0 saturated heterocycles. The first-order chi connectivity index (χ1) is 18.1. The maximum absolute atomic E-state index is 14.3. The van der Waals surface area contributed by atoms with Crippen LogP contribution in [0.2, 0.25) is 0 Å². The first-order valence-corrected chi connectivity index (χ1v) is 12.8. The predicted molar refractivity (Wildman–Crippen MR) is 135 cm³/mol. The summed E-state index contributed by atoms with van der Waals surface area (Å²) >= 11 is 0. The molecule has 3 unspecified atom stereocenters. The quantitative estimate of drug-likeness (QED) is 0.441. The number of benzene rings is 1. The number of ether oxygens (including phenoxy) is 1. The number of hydrogen-bond donors (Lipinski definition) is 2. The van der Waals surface area contributed by atoms with Crippen molar-refractivity contribution >= 4 is 23.6 Å². The van der Waals surface area contributed by atoms with Crippen LogP contribution in [0.3, 0.4) is 0 Å². The Hall–Kier alpha value is -2.93. The van der Waals surface area contributed by atoms with E-state index in [4.69, 9.17) is 10.5 Å². The summed E-state index contributed by atoms with van der Waals surface area (Å²) < 4.78 is 73.3. The Morgan fingerprint density at radius 1 is 0.975 bits per heavy atom. The van der Waals surface area contributed by atoms with Crippen LogP contribution in [0, 0.1) is 11.8 Å². The lowest BCUT2D eigenvalue weighted by molar-refractivity contribution is -0.271. The highest BCUT2D eigenvalue weighted by Crippen LogP contribution is 2.39. The molecule has 224 valence electrons. The molecular weight excluding hydrogens is 541 g/mol. The van der Waals surface area contributed by atoms with Crippen LogP contribution in [0.5, 0.6) is 0 Å². The van der Waals surface area contributed by atoms with Gasteiger partial charge in [0.2, 0.25) is 11.7 Å². The molecule has 1 aromatic rings. The van der Waals surface area contributed by atoms with Gasteiger partial charge in [0.05, 0.1) is 18.1 Å². The number of hydrogen-bond acceptors (Lipinski definition) is 7. The fourth-order valence-electron chi connectivity index (χ4n) is 4.35. The third kappa shape index (κ3) is 7.03. The molecule has 4 atom stereocenters. The zero-order chi connectivity index (χ0) is 31.0. The average Bonchev–Trinajstić information content (AvgIpc) is 2.82. The first kappa shape index (κ1) is 33.3. The minimum atomic E-state index is -6.27. The van der Waals surface area contributed by atoms with Crippen molar-refractivity contribution in [3.8, 4) is 0 Å². The molecule has 0 spiro atoms. The Labute approximate surface area is 229 Å². The molecule has 2 amide bonds. The molecule has 0 aliphatic carbocycles. The van der Waals surface area contributed by atoms with Gasteiger partial charge in [-0.25, -0.2) is 9.69 Å². The van der Waals surface area contributed by atoms with Crippen LogP contribution < -0.4 is 11.1 Å². The largest absolute Gasteiger partial charge is 0.461 e. The normalized spacial score (nSPS) is 19.6. The fourth-order valence-corrected chi connectivity index (χ4v) is 4.35. The number of alkyl halides is 5. The standard InChI is InChI=1S/C27H36F5N3O5/c1-13(2)18(33)21(36)19-16-11-9-8-10-15(16)12-17(34-19)23(38)35(24(39)40-25(5,6)7)20(14(3)4)22(37)26(28,29)27(30,31)32/h8-11,13-14,17-20,34H,12,33H2,1-7H3/t17?,18-,19?,20?/m0/s1. The summed E-state index contributed by atoms with van der Waals surface area (Å²) in [5.74, 6) is -12.0. The molecule has 8 nitrogen and oxygen atoms in total. The molecule has 1 heterocycles. The lowest BCUT2D eigenvalue weighted by Crippen LogP contribution is -2.63. The molecule has 0 fully saturated rings. The van der Waals surface area contributed by atoms with E-state index >= 15 is 0 Å². The lowest BCUT2D eigenvalue weighted by Gasteiger charge is -2.39. The zero-order valence-electron chi connectivity index (χ0n) is 23.4. The van der Waals surface area contributed by atoms with Gasteiger partial charge in [0.1, 0.15) is 11.6 Å². The third-order valence-corrected chi connectivity index (χ3v) is 6.46. The summed E-state index contributed by atoms with van der Waals surface area (Å²) in [6.07, 6.45) is -8.01. The number of nitrogens with one attached hydrogen (secondary N) is 1. The molecule has 1 aliphatic heterocycles. The molecule has 1 aromatic carbocycles. The summed E-state index contributed by atoms with van der Waals surface area (Å²) in [7, 11) is 0. The Balaban J connectivity index is 2.65. The average molecular weight is 578 g/mol. The number of Topliss-reactive ketones (excluding diaryl/α,β-unsaturated/α-hetero) is 2. The second-order valence-corrected chi connectivity index (χ2v) is 11.5. The topological polar surface area (TPSA) is 119 Å². The van der Waals surface area contributed by atoms with Crippen LogP contribution in [-0.4, -0.2) is 64.3 Å². The van der Waals surface area contributed by atoms with E-state index in [0.717, 1.165) is 13.8 Å². The molecule has 2 rings (SSSR count). The molecule has 3 N–H and O–H groups in total. The maximum Gasteiger partial charge on any atom is 0.461 e. The van der Waals surface area contributed by atoms with Gasteiger partial charge in [-0.1, -0.05) is 52.0 Å². The Kier molecular flexibility index (Phi) is 9.90. The van der Waals surface area contributed by atoms with Crippen molar-refractivity contribution in [3.63, 3.8) is 0 Å². The summed E-state index contributed by atoms with van der Waals surface area (Å²) in [5, 5.41) is 2.80. The van der Waals surface area contributed by atoms with E-state index in [1.54, 1.807) is 38.1 Å². The van der Waals surface area contributed by atoms with Crippen molar-refractivity contribution in [3.05, 3.63) is 35.4 Å². The van der Waals surface area contributed by atoms with E-state index in [1.807, 2.05) is 0 Å². The van der Waals surface area contributed by atoms with Gasteiger partial charge in [0.25, 0.3) is 0 Å². The molecule has 0 aromatic heterocycles. The van der Waals surface area contributed by atoms with Crippen molar-refractivity contribution in [2.45, 2.75) is 96.8 Å². The van der Waals surface area contributed by atoms with Crippen LogP contribution in [0.15, 0.2) is 24.3 Å². The highest BCUT2D eigenvalue weighted by molar-refractivity contribution is 6.03. The Bertz CT molecular complexity index is 1130. The lowest BCUT2D eigenvalue weighted by atomic mass is 9.84. The monoisotopic (exact) mass is 577 g/mol. The summed E-state index contributed by atoms with van der Waals surface area (Å²) in [6.45, 7) is 9.84. The van der Waals surface area contributed by atoms with E-state index in [9.17, 15) is 41.1 Å². The van der Waals surface area contributed by atoms with Crippen molar-refractivity contribution in [2.24, 2.45) is 17.6 Å². The summed E-state index contributed by atoms with van der Waals surface area (Å²) in [5.41, 5.74) is 5.75. The second kappa shape index (κ2) is 11.9. The molecule has 0 saturated carbocycles. The maximum atomic E-state index is 14.3. The van der Waals surface area contributed by atoms with E-state index < -0.39 is 71.4 Å². The van der Waals surface area contributed by atoms with Crippen LogP contribution in [0.1, 0.15) is 65.6 Å². The van der Waals surface area contributed by atoms with Crippen molar-refractivity contribution in [1.29, 1.82) is 0 Å². The Morgan fingerprint density at radius 2 is 1.52 bits per heavy atom. The number of rotatable bonds is 8. The summed E-state index contributed by atoms with van der Waals surface area (Å²) in [4.78, 5) is 53.1. The molecule has 13 heteroatoms. The number of nitrogens with two attached hydrogens (primary N) is 1. The number of ketones is 2. The first-order valence-electron chi connectivity index (χ1n) is 12.8. The second-order valence-electron chi connectivity index (χ2n) is 11.5. The van der Waals surface area contributed by atoms with Crippen LogP contribution in [0.25, 0.3) is 0 Å². The van der Waals surface area contributed by atoms with Crippen LogP contribution >= 0.6 is 0 Å². The fraction of sp³-hybridized carbons (Fsp3) is 0.630. The van der Waals surface area contributed by atoms with Crippen LogP contribution in [-0.2, 0) is 25.5 Å².